The quantitative estimate of drug-likeness (QED) is 0.820. The number of hydrogen-bond donors (Lipinski definition) is 1. The van der Waals surface area contributed by atoms with Crippen LogP contribution < -0.4 is 10.2 Å². The molecule has 1 saturated heterocycles. The summed E-state index contributed by atoms with van der Waals surface area (Å²) >= 11 is 0. The molecular formula is C14H16N2O2. The Labute approximate surface area is 106 Å². The summed E-state index contributed by atoms with van der Waals surface area (Å²) < 4.78 is 0. The maximum atomic E-state index is 11.8. The summed E-state index contributed by atoms with van der Waals surface area (Å²) in [4.78, 5) is 25.2. The average Bonchev–Trinajstić information content (AvgIpc) is 2.82. The number of rotatable bonds is 4. The standard InChI is InChI=1S/C14H16N2O2/c1-2-8-15-14(18)11-5-3-6-12(10-11)16-9-4-7-13(16)17/h2-3,5-6,10H,1,4,7-9H2,(H,15,18). The molecule has 1 aromatic carbocycles. The molecule has 1 aliphatic rings. The Morgan fingerprint density at radius 1 is 1.50 bits per heavy atom. The summed E-state index contributed by atoms with van der Waals surface area (Å²) in [5, 5.41) is 2.72. The summed E-state index contributed by atoms with van der Waals surface area (Å²) in [5.41, 5.74) is 1.36. The van der Waals surface area contributed by atoms with E-state index in [1.807, 2.05) is 6.07 Å². The number of nitrogens with one attached hydrogen (secondary N) is 1. The number of anilines is 1. The number of benzene rings is 1. The molecule has 0 aliphatic carbocycles. The highest BCUT2D eigenvalue weighted by Crippen LogP contribution is 2.22. The maximum absolute atomic E-state index is 11.8. The van der Waals surface area contributed by atoms with Crippen molar-refractivity contribution in [1.29, 1.82) is 0 Å². The molecule has 94 valence electrons. The van der Waals surface area contributed by atoms with Crippen molar-refractivity contribution in [2.45, 2.75) is 12.8 Å². The van der Waals surface area contributed by atoms with Crippen LogP contribution in [0.15, 0.2) is 36.9 Å². The van der Waals surface area contributed by atoms with E-state index in [-0.39, 0.29) is 11.8 Å². The van der Waals surface area contributed by atoms with Gasteiger partial charge < -0.3 is 10.2 Å². The lowest BCUT2D eigenvalue weighted by atomic mass is 10.1. The summed E-state index contributed by atoms with van der Waals surface area (Å²) in [6.07, 6.45) is 3.10. The second kappa shape index (κ2) is 5.49. The Balaban J connectivity index is 2.16. The van der Waals surface area contributed by atoms with Crippen LogP contribution >= 0.6 is 0 Å². The molecule has 0 saturated carbocycles. The van der Waals surface area contributed by atoms with E-state index in [2.05, 4.69) is 11.9 Å². The largest absolute Gasteiger partial charge is 0.349 e. The number of nitrogens with zero attached hydrogens (tertiary/aromatic N) is 1. The van der Waals surface area contributed by atoms with Crippen LogP contribution in [0.25, 0.3) is 0 Å². The molecule has 18 heavy (non-hydrogen) atoms. The Hall–Kier alpha value is -2.10. The highest BCUT2D eigenvalue weighted by Gasteiger charge is 2.22. The van der Waals surface area contributed by atoms with Gasteiger partial charge in [-0.1, -0.05) is 12.1 Å². The van der Waals surface area contributed by atoms with Crippen LogP contribution in [0.2, 0.25) is 0 Å². The molecule has 4 nitrogen and oxygen atoms in total. The number of carbonyl (C=O) groups is 2. The van der Waals surface area contributed by atoms with Crippen molar-refractivity contribution < 1.29 is 9.59 Å². The summed E-state index contributed by atoms with van der Waals surface area (Å²) in [5.74, 6) is -0.0259. The molecule has 1 N–H and O–H groups in total. The third kappa shape index (κ3) is 2.59. The Kier molecular flexibility index (Phi) is 3.77. The molecular weight excluding hydrogens is 228 g/mol. The van der Waals surface area contributed by atoms with Gasteiger partial charge in [0.1, 0.15) is 0 Å². The molecule has 0 aromatic heterocycles. The molecule has 1 heterocycles. The van der Waals surface area contributed by atoms with Crippen molar-refractivity contribution in [3.05, 3.63) is 42.5 Å². The summed E-state index contributed by atoms with van der Waals surface area (Å²) in [6, 6.07) is 7.14. The van der Waals surface area contributed by atoms with Crippen molar-refractivity contribution in [3.8, 4) is 0 Å². The van der Waals surface area contributed by atoms with Gasteiger partial charge in [-0.05, 0) is 24.6 Å². The van der Waals surface area contributed by atoms with Crippen molar-refractivity contribution in [2.24, 2.45) is 0 Å². The van der Waals surface area contributed by atoms with Crippen molar-refractivity contribution >= 4 is 17.5 Å². The fourth-order valence-electron chi connectivity index (χ4n) is 2.00. The van der Waals surface area contributed by atoms with Crippen LogP contribution in [0.3, 0.4) is 0 Å². The van der Waals surface area contributed by atoms with E-state index in [0.717, 1.165) is 18.7 Å². The average molecular weight is 244 g/mol. The SMILES string of the molecule is C=CCNC(=O)c1cccc(N2CCCC2=O)c1. The third-order valence-electron chi connectivity index (χ3n) is 2.90. The molecule has 1 fully saturated rings. The van der Waals surface area contributed by atoms with Crippen LogP contribution in [-0.4, -0.2) is 24.9 Å². The van der Waals surface area contributed by atoms with E-state index in [0.29, 0.717) is 18.5 Å². The predicted octanol–water partition coefficient (Wildman–Crippen LogP) is 1.73. The zero-order chi connectivity index (χ0) is 13.0. The first kappa shape index (κ1) is 12.4. The minimum atomic E-state index is -0.150. The number of amides is 2. The Morgan fingerprint density at radius 2 is 2.33 bits per heavy atom. The minimum Gasteiger partial charge on any atom is -0.349 e. The van der Waals surface area contributed by atoms with Crippen molar-refractivity contribution in [3.63, 3.8) is 0 Å². The van der Waals surface area contributed by atoms with Gasteiger partial charge in [-0.3, -0.25) is 9.59 Å². The second-order valence-corrected chi connectivity index (χ2v) is 4.20. The Bertz CT molecular complexity index is 482. The molecule has 1 aliphatic heterocycles. The van der Waals surface area contributed by atoms with E-state index >= 15 is 0 Å². The van der Waals surface area contributed by atoms with Gasteiger partial charge in [-0.25, -0.2) is 0 Å². The summed E-state index contributed by atoms with van der Waals surface area (Å²) in [7, 11) is 0. The molecule has 4 heteroatoms. The molecule has 0 atom stereocenters. The van der Waals surface area contributed by atoms with Crippen LogP contribution in [0.4, 0.5) is 5.69 Å². The van der Waals surface area contributed by atoms with E-state index in [9.17, 15) is 9.59 Å². The highest BCUT2D eigenvalue weighted by molar-refractivity contribution is 5.99. The third-order valence-corrected chi connectivity index (χ3v) is 2.90. The van der Waals surface area contributed by atoms with Crippen molar-refractivity contribution in [2.75, 3.05) is 18.0 Å². The maximum Gasteiger partial charge on any atom is 0.251 e. The van der Waals surface area contributed by atoms with Gasteiger partial charge in [0.25, 0.3) is 5.91 Å². The molecule has 0 unspecified atom stereocenters. The lowest BCUT2D eigenvalue weighted by Gasteiger charge is -2.16. The van der Waals surface area contributed by atoms with Gasteiger partial charge in [0.05, 0.1) is 0 Å². The molecule has 1 aromatic rings. The molecule has 0 bridgehead atoms. The fraction of sp³-hybridized carbons (Fsp3) is 0.286. The molecule has 2 rings (SSSR count). The smallest absolute Gasteiger partial charge is 0.251 e. The molecule has 2 amide bonds. The zero-order valence-electron chi connectivity index (χ0n) is 10.2. The van der Waals surface area contributed by atoms with Gasteiger partial charge in [0.2, 0.25) is 5.91 Å². The van der Waals surface area contributed by atoms with Crippen molar-refractivity contribution in [1.82, 2.24) is 5.32 Å². The van der Waals surface area contributed by atoms with Gasteiger partial charge >= 0.3 is 0 Å². The van der Waals surface area contributed by atoms with Crippen LogP contribution in [0.5, 0.6) is 0 Å². The first-order valence-corrected chi connectivity index (χ1v) is 6.02. The van der Waals surface area contributed by atoms with Crippen LogP contribution in [0.1, 0.15) is 23.2 Å². The van der Waals surface area contributed by atoms with Gasteiger partial charge in [-0.2, -0.15) is 0 Å². The van der Waals surface area contributed by atoms with E-state index < -0.39 is 0 Å². The summed E-state index contributed by atoms with van der Waals surface area (Å²) in [6.45, 7) is 4.72. The van der Waals surface area contributed by atoms with Crippen LogP contribution in [0, 0.1) is 0 Å². The van der Waals surface area contributed by atoms with E-state index in [1.165, 1.54) is 0 Å². The normalized spacial score (nSPS) is 14.7. The molecule has 0 spiro atoms. The predicted molar refractivity (Wildman–Crippen MR) is 70.6 cm³/mol. The van der Waals surface area contributed by atoms with Gasteiger partial charge in [0.15, 0.2) is 0 Å². The highest BCUT2D eigenvalue weighted by atomic mass is 16.2. The Morgan fingerprint density at radius 3 is 3.00 bits per heavy atom. The van der Waals surface area contributed by atoms with Gasteiger partial charge in [0, 0.05) is 30.8 Å². The first-order valence-electron chi connectivity index (χ1n) is 6.02. The van der Waals surface area contributed by atoms with E-state index in [4.69, 9.17) is 0 Å². The topological polar surface area (TPSA) is 49.4 Å². The minimum absolute atomic E-state index is 0.124. The molecule has 0 radical (unpaired) electrons. The number of hydrogen-bond acceptors (Lipinski definition) is 2. The van der Waals surface area contributed by atoms with Gasteiger partial charge in [-0.15, -0.1) is 6.58 Å². The second-order valence-electron chi connectivity index (χ2n) is 4.20. The first-order chi connectivity index (χ1) is 8.72. The number of carbonyl (C=O) groups excluding carboxylic acids is 2. The lowest BCUT2D eigenvalue weighted by Crippen LogP contribution is -2.26. The fourth-order valence-corrected chi connectivity index (χ4v) is 2.00. The van der Waals surface area contributed by atoms with Crippen LogP contribution in [-0.2, 0) is 4.79 Å². The monoisotopic (exact) mass is 244 g/mol. The lowest BCUT2D eigenvalue weighted by molar-refractivity contribution is -0.117. The van der Waals surface area contributed by atoms with E-state index in [1.54, 1.807) is 29.2 Å². The zero-order valence-corrected chi connectivity index (χ0v) is 10.2.